The first-order valence-electron chi connectivity index (χ1n) is 8.75. The van der Waals surface area contributed by atoms with Gasteiger partial charge >= 0.3 is 0 Å². The van der Waals surface area contributed by atoms with Crippen molar-refractivity contribution in [3.05, 3.63) is 53.6 Å². The fourth-order valence-corrected chi connectivity index (χ4v) is 3.50. The lowest BCUT2D eigenvalue weighted by molar-refractivity contribution is -0.115. The molecule has 0 unspecified atom stereocenters. The van der Waals surface area contributed by atoms with Crippen molar-refractivity contribution < 1.29 is 14.3 Å². The Kier molecular flexibility index (Phi) is 4.24. The topological polar surface area (TPSA) is 61.9 Å². The number of nitrogens with zero attached hydrogens (tertiary/aromatic N) is 2. The van der Waals surface area contributed by atoms with Crippen molar-refractivity contribution in [1.82, 2.24) is 4.90 Å². The van der Waals surface area contributed by atoms with E-state index in [0.29, 0.717) is 25.1 Å². The molecule has 6 nitrogen and oxygen atoms in total. The van der Waals surface area contributed by atoms with Gasteiger partial charge in [0, 0.05) is 43.1 Å². The molecule has 26 heavy (non-hydrogen) atoms. The predicted octanol–water partition coefficient (Wildman–Crippen LogP) is 2.15. The summed E-state index contributed by atoms with van der Waals surface area (Å²) in [7, 11) is 1.61. The van der Waals surface area contributed by atoms with E-state index in [1.54, 1.807) is 19.2 Å². The van der Waals surface area contributed by atoms with Crippen LogP contribution in [-0.2, 0) is 11.2 Å². The van der Waals surface area contributed by atoms with E-state index >= 15 is 0 Å². The number of fused-ring (bicyclic) bond motifs is 1. The van der Waals surface area contributed by atoms with E-state index < -0.39 is 0 Å². The predicted molar refractivity (Wildman–Crippen MR) is 99.9 cm³/mol. The maximum Gasteiger partial charge on any atom is 0.253 e. The normalized spacial score (nSPS) is 16.3. The summed E-state index contributed by atoms with van der Waals surface area (Å²) in [4.78, 5) is 28.3. The number of rotatable bonds is 3. The van der Waals surface area contributed by atoms with E-state index in [1.807, 2.05) is 29.2 Å². The highest BCUT2D eigenvalue weighted by atomic mass is 16.5. The average Bonchev–Trinajstić information content (AvgIpc) is 3.07. The highest BCUT2D eigenvalue weighted by Gasteiger charge is 2.24. The van der Waals surface area contributed by atoms with Crippen LogP contribution in [0, 0.1) is 0 Å². The van der Waals surface area contributed by atoms with Crippen LogP contribution in [0.3, 0.4) is 0 Å². The van der Waals surface area contributed by atoms with Crippen LogP contribution in [0.15, 0.2) is 42.5 Å². The Balaban J connectivity index is 1.40. The zero-order valence-corrected chi connectivity index (χ0v) is 14.7. The van der Waals surface area contributed by atoms with Gasteiger partial charge in [-0.15, -0.1) is 0 Å². The summed E-state index contributed by atoms with van der Waals surface area (Å²) >= 11 is 0. The number of carbonyl (C=O) groups excluding carboxylic acids is 2. The largest absolute Gasteiger partial charge is 0.497 e. The van der Waals surface area contributed by atoms with Crippen LogP contribution in [0.5, 0.6) is 5.75 Å². The van der Waals surface area contributed by atoms with Crippen molar-refractivity contribution >= 4 is 23.2 Å². The standard InChI is InChI=1S/C20H21N3O3/c1-26-17-5-2-14(3-6-17)20(25)23-10-8-22(9-11-23)16-4-7-18-15(12-16)13-19(24)21-18/h2-7,12H,8-11,13H2,1H3,(H,21,24). The molecule has 0 spiro atoms. The average molecular weight is 351 g/mol. The monoisotopic (exact) mass is 351 g/mol. The summed E-state index contributed by atoms with van der Waals surface area (Å²) < 4.78 is 5.14. The van der Waals surface area contributed by atoms with E-state index in [9.17, 15) is 9.59 Å². The van der Waals surface area contributed by atoms with Crippen molar-refractivity contribution in [2.24, 2.45) is 0 Å². The van der Waals surface area contributed by atoms with Gasteiger partial charge in [-0.25, -0.2) is 0 Å². The van der Waals surface area contributed by atoms with Gasteiger partial charge in [0.05, 0.1) is 13.5 Å². The highest BCUT2D eigenvalue weighted by molar-refractivity contribution is 5.99. The van der Waals surface area contributed by atoms with Crippen LogP contribution in [0.25, 0.3) is 0 Å². The summed E-state index contributed by atoms with van der Waals surface area (Å²) in [5.41, 5.74) is 3.74. The number of methoxy groups -OCH3 is 1. The van der Waals surface area contributed by atoms with E-state index in [0.717, 1.165) is 35.8 Å². The minimum absolute atomic E-state index is 0.0482. The van der Waals surface area contributed by atoms with E-state index in [4.69, 9.17) is 4.74 Å². The molecule has 0 bridgehead atoms. The summed E-state index contributed by atoms with van der Waals surface area (Å²) in [6.45, 7) is 2.92. The third-order valence-electron chi connectivity index (χ3n) is 4.98. The number of nitrogens with one attached hydrogen (secondary N) is 1. The number of ether oxygens (including phenoxy) is 1. The highest BCUT2D eigenvalue weighted by Crippen LogP contribution is 2.28. The summed E-state index contributed by atoms with van der Waals surface area (Å²) in [6, 6.07) is 13.3. The molecule has 2 aromatic carbocycles. The third kappa shape index (κ3) is 3.10. The number of anilines is 2. The SMILES string of the molecule is COc1ccc(C(=O)N2CCN(c3ccc4c(c3)CC(=O)N4)CC2)cc1. The Morgan fingerprint density at radius 3 is 2.46 bits per heavy atom. The van der Waals surface area contributed by atoms with Gasteiger partial charge in [-0.3, -0.25) is 9.59 Å². The van der Waals surface area contributed by atoms with Crippen molar-refractivity contribution in [3.8, 4) is 5.75 Å². The number of amides is 2. The number of hydrogen-bond acceptors (Lipinski definition) is 4. The zero-order valence-electron chi connectivity index (χ0n) is 14.7. The number of hydrogen-bond donors (Lipinski definition) is 1. The lowest BCUT2D eigenvalue weighted by atomic mass is 10.1. The van der Waals surface area contributed by atoms with Crippen molar-refractivity contribution in [2.75, 3.05) is 43.5 Å². The Hall–Kier alpha value is -3.02. The first-order valence-corrected chi connectivity index (χ1v) is 8.75. The molecule has 1 saturated heterocycles. The van der Waals surface area contributed by atoms with Gasteiger partial charge in [0.25, 0.3) is 5.91 Å². The molecule has 0 saturated carbocycles. The van der Waals surface area contributed by atoms with E-state index in [2.05, 4.69) is 16.3 Å². The second-order valence-electron chi connectivity index (χ2n) is 6.57. The molecule has 2 aromatic rings. The molecular weight excluding hydrogens is 330 g/mol. The van der Waals surface area contributed by atoms with Crippen molar-refractivity contribution in [3.63, 3.8) is 0 Å². The Bertz CT molecular complexity index is 840. The van der Waals surface area contributed by atoms with Crippen molar-refractivity contribution in [2.45, 2.75) is 6.42 Å². The van der Waals surface area contributed by atoms with Crippen LogP contribution < -0.4 is 15.0 Å². The molecule has 4 rings (SSSR count). The van der Waals surface area contributed by atoms with Gasteiger partial charge in [0.1, 0.15) is 5.75 Å². The van der Waals surface area contributed by atoms with Gasteiger partial charge in [0.2, 0.25) is 5.91 Å². The molecule has 6 heteroatoms. The fourth-order valence-electron chi connectivity index (χ4n) is 3.50. The van der Waals surface area contributed by atoms with Crippen LogP contribution in [0.2, 0.25) is 0 Å². The maximum atomic E-state index is 12.7. The van der Waals surface area contributed by atoms with Crippen molar-refractivity contribution in [1.29, 1.82) is 0 Å². The summed E-state index contributed by atoms with van der Waals surface area (Å²) in [6.07, 6.45) is 0.444. The van der Waals surface area contributed by atoms with Gasteiger partial charge in [-0.05, 0) is 48.0 Å². The molecular formula is C20H21N3O3. The minimum Gasteiger partial charge on any atom is -0.497 e. The molecule has 2 aliphatic rings. The second kappa shape index (κ2) is 6.71. The smallest absolute Gasteiger partial charge is 0.253 e. The zero-order chi connectivity index (χ0) is 18.1. The Morgan fingerprint density at radius 1 is 1.04 bits per heavy atom. The number of piperazine rings is 1. The maximum absolute atomic E-state index is 12.7. The Morgan fingerprint density at radius 2 is 1.77 bits per heavy atom. The molecule has 2 aliphatic heterocycles. The molecule has 2 heterocycles. The van der Waals surface area contributed by atoms with Gasteiger partial charge < -0.3 is 19.9 Å². The van der Waals surface area contributed by atoms with Gasteiger partial charge in [-0.1, -0.05) is 0 Å². The van der Waals surface area contributed by atoms with Gasteiger partial charge in [0.15, 0.2) is 0 Å². The molecule has 0 aromatic heterocycles. The molecule has 0 radical (unpaired) electrons. The van der Waals surface area contributed by atoms with Gasteiger partial charge in [-0.2, -0.15) is 0 Å². The van der Waals surface area contributed by atoms with Crippen LogP contribution in [0.1, 0.15) is 15.9 Å². The lowest BCUT2D eigenvalue weighted by Gasteiger charge is -2.36. The van der Waals surface area contributed by atoms with Crippen LogP contribution >= 0.6 is 0 Å². The minimum atomic E-state index is 0.0482. The quantitative estimate of drug-likeness (QED) is 0.920. The molecule has 1 fully saturated rings. The summed E-state index contributed by atoms with van der Waals surface area (Å²) in [5.74, 6) is 0.846. The Labute approximate surface area is 152 Å². The molecule has 1 N–H and O–H groups in total. The van der Waals surface area contributed by atoms with E-state index in [1.165, 1.54) is 0 Å². The third-order valence-corrected chi connectivity index (χ3v) is 4.98. The first kappa shape index (κ1) is 16.4. The first-order chi connectivity index (χ1) is 12.6. The fraction of sp³-hybridized carbons (Fsp3) is 0.300. The molecule has 134 valence electrons. The summed E-state index contributed by atoms with van der Waals surface area (Å²) in [5, 5.41) is 2.86. The lowest BCUT2D eigenvalue weighted by Crippen LogP contribution is -2.48. The second-order valence-corrected chi connectivity index (χ2v) is 6.57. The van der Waals surface area contributed by atoms with Crippen LogP contribution in [-0.4, -0.2) is 50.0 Å². The molecule has 2 amide bonds. The van der Waals surface area contributed by atoms with E-state index in [-0.39, 0.29) is 11.8 Å². The number of benzene rings is 2. The molecule has 0 atom stereocenters. The molecule has 0 aliphatic carbocycles. The number of carbonyl (C=O) groups is 2. The van der Waals surface area contributed by atoms with Crippen LogP contribution in [0.4, 0.5) is 11.4 Å².